The van der Waals surface area contributed by atoms with E-state index in [0.29, 0.717) is 18.3 Å². The van der Waals surface area contributed by atoms with Crippen molar-refractivity contribution in [2.24, 2.45) is 5.92 Å². The standard InChI is InChI=1S/C13H22N2O3/c14-12-4-2-1-3-10(15-12)5-9-6-11(8-16)18-13(17)7-9/h9-11,16H,1-8H2,(H2,14,15). The van der Waals surface area contributed by atoms with Gasteiger partial charge in [0, 0.05) is 18.9 Å². The van der Waals surface area contributed by atoms with Crippen LogP contribution >= 0.6 is 0 Å². The van der Waals surface area contributed by atoms with E-state index < -0.39 is 0 Å². The molecule has 0 saturated carbocycles. The Bertz CT molecular complexity index is 319. The molecule has 2 rings (SSSR count). The molecule has 2 aliphatic heterocycles. The first kappa shape index (κ1) is 13.3. The van der Waals surface area contributed by atoms with E-state index in [0.717, 1.165) is 38.5 Å². The van der Waals surface area contributed by atoms with E-state index >= 15 is 0 Å². The van der Waals surface area contributed by atoms with Crippen LogP contribution < -0.4 is 5.32 Å². The molecule has 102 valence electrons. The quantitative estimate of drug-likeness (QED) is 0.661. The third-order valence-corrected chi connectivity index (χ3v) is 3.78. The minimum Gasteiger partial charge on any atom is -0.460 e. The van der Waals surface area contributed by atoms with Crippen LogP contribution in [0.15, 0.2) is 0 Å². The maximum atomic E-state index is 11.4. The highest BCUT2D eigenvalue weighted by Crippen LogP contribution is 2.27. The normalized spacial score (nSPS) is 33.5. The van der Waals surface area contributed by atoms with E-state index in [4.69, 9.17) is 15.3 Å². The fourth-order valence-corrected chi connectivity index (χ4v) is 2.93. The number of amidine groups is 1. The van der Waals surface area contributed by atoms with Crippen LogP contribution in [-0.2, 0) is 9.53 Å². The summed E-state index contributed by atoms with van der Waals surface area (Å²) in [4.78, 5) is 11.4. The highest BCUT2D eigenvalue weighted by Gasteiger charge is 2.30. The summed E-state index contributed by atoms with van der Waals surface area (Å²) >= 11 is 0. The minimum atomic E-state index is -0.332. The summed E-state index contributed by atoms with van der Waals surface area (Å²) in [5.74, 6) is 0.690. The van der Waals surface area contributed by atoms with Crippen LogP contribution in [0.5, 0.6) is 0 Å². The molecule has 3 unspecified atom stereocenters. The van der Waals surface area contributed by atoms with Crippen LogP contribution in [0, 0.1) is 11.3 Å². The number of carbonyl (C=O) groups excluding carboxylic acids is 1. The van der Waals surface area contributed by atoms with Gasteiger partial charge in [-0.2, -0.15) is 0 Å². The highest BCUT2D eigenvalue weighted by molar-refractivity contribution is 5.79. The van der Waals surface area contributed by atoms with Crippen molar-refractivity contribution in [1.29, 1.82) is 5.41 Å². The van der Waals surface area contributed by atoms with Gasteiger partial charge in [-0.3, -0.25) is 10.2 Å². The van der Waals surface area contributed by atoms with Crippen molar-refractivity contribution in [3.05, 3.63) is 0 Å². The number of hydrogen-bond acceptors (Lipinski definition) is 4. The van der Waals surface area contributed by atoms with Crippen molar-refractivity contribution in [2.45, 2.75) is 57.1 Å². The highest BCUT2D eigenvalue weighted by atomic mass is 16.6. The molecule has 2 saturated heterocycles. The van der Waals surface area contributed by atoms with Crippen LogP contribution in [0.1, 0.15) is 44.9 Å². The third kappa shape index (κ3) is 3.70. The van der Waals surface area contributed by atoms with Crippen molar-refractivity contribution >= 4 is 11.8 Å². The van der Waals surface area contributed by atoms with E-state index in [1.165, 1.54) is 0 Å². The van der Waals surface area contributed by atoms with E-state index in [-0.39, 0.29) is 24.6 Å². The van der Waals surface area contributed by atoms with Crippen LogP contribution in [0.25, 0.3) is 0 Å². The third-order valence-electron chi connectivity index (χ3n) is 3.78. The number of carbonyl (C=O) groups is 1. The van der Waals surface area contributed by atoms with Gasteiger partial charge in [-0.05, 0) is 31.6 Å². The Morgan fingerprint density at radius 2 is 2.28 bits per heavy atom. The SMILES string of the molecule is N=C1CCCCC(CC2CC(=O)OC(CO)C2)N1. The fourth-order valence-electron chi connectivity index (χ4n) is 2.93. The summed E-state index contributed by atoms with van der Waals surface area (Å²) in [6, 6.07) is 0.301. The molecule has 5 nitrogen and oxygen atoms in total. The lowest BCUT2D eigenvalue weighted by molar-refractivity contribution is -0.159. The predicted molar refractivity (Wildman–Crippen MR) is 67.4 cm³/mol. The smallest absolute Gasteiger partial charge is 0.306 e. The Balaban J connectivity index is 1.87. The molecule has 0 radical (unpaired) electrons. The van der Waals surface area contributed by atoms with Gasteiger partial charge in [-0.15, -0.1) is 0 Å². The zero-order chi connectivity index (χ0) is 13.0. The van der Waals surface area contributed by atoms with Gasteiger partial charge in [0.05, 0.1) is 12.4 Å². The molecule has 2 aliphatic rings. The van der Waals surface area contributed by atoms with Crippen LogP contribution in [0.2, 0.25) is 0 Å². The lowest BCUT2D eigenvalue weighted by atomic mass is 9.88. The monoisotopic (exact) mass is 254 g/mol. The van der Waals surface area contributed by atoms with E-state index in [2.05, 4.69) is 5.32 Å². The lowest BCUT2D eigenvalue weighted by Crippen LogP contribution is -2.38. The van der Waals surface area contributed by atoms with Gasteiger partial charge in [0.25, 0.3) is 0 Å². The number of hydrogen-bond donors (Lipinski definition) is 3. The molecule has 5 heteroatoms. The fraction of sp³-hybridized carbons (Fsp3) is 0.846. The molecule has 0 spiro atoms. The number of nitrogens with one attached hydrogen (secondary N) is 2. The molecular formula is C13H22N2O3. The van der Waals surface area contributed by atoms with E-state index in [1.54, 1.807) is 0 Å². The summed E-state index contributed by atoms with van der Waals surface area (Å²) < 4.78 is 5.05. The summed E-state index contributed by atoms with van der Waals surface area (Å²) in [6.07, 6.45) is 5.88. The summed E-state index contributed by atoms with van der Waals surface area (Å²) in [5.41, 5.74) is 0. The van der Waals surface area contributed by atoms with Gasteiger partial charge in [0.2, 0.25) is 0 Å². The predicted octanol–water partition coefficient (Wildman–Crippen LogP) is 1.20. The van der Waals surface area contributed by atoms with Gasteiger partial charge < -0.3 is 15.2 Å². The molecule has 3 atom stereocenters. The number of esters is 1. The van der Waals surface area contributed by atoms with Gasteiger partial charge in [-0.25, -0.2) is 0 Å². The Morgan fingerprint density at radius 3 is 3.06 bits per heavy atom. The number of rotatable bonds is 3. The first-order chi connectivity index (χ1) is 8.67. The largest absolute Gasteiger partial charge is 0.460 e. The molecule has 2 fully saturated rings. The summed E-state index contributed by atoms with van der Waals surface area (Å²) in [6.45, 7) is -0.0871. The van der Waals surface area contributed by atoms with Crippen LogP contribution in [0.3, 0.4) is 0 Å². The van der Waals surface area contributed by atoms with Crippen LogP contribution in [-0.4, -0.2) is 35.7 Å². The second-order valence-electron chi connectivity index (χ2n) is 5.40. The lowest BCUT2D eigenvalue weighted by Gasteiger charge is -2.30. The number of ether oxygens (including phenoxy) is 1. The first-order valence-electron chi connectivity index (χ1n) is 6.81. The second kappa shape index (κ2) is 6.18. The number of cyclic esters (lactones) is 1. The average molecular weight is 254 g/mol. The van der Waals surface area contributed by atoms with Crippen molar-refractivity contribution < 1.29 is 14.6 Å². The topological polar surface area (TPSA) is 82.4 Å². The van der Waals surface area contributed by atoms with Crippen molar-refractivity contribution in [1.82, 2.24) is 5.32 Å². The molecule has 0 aromatic rings. The van der Waals surface area contributed by atoms with Gasteiger partial charge in [-0.1, -0.05) is 6.42 Å². The minimum absolute atomic E-state index is 0.0871. The average Bonchev–Trinajstić information content (AvgIpc) is 2.52. The first-order valence-corrected chi connectivity index (χ1v) is 6.81. The second-order valence-corrected chi connectivity index (χ2v) is 5.40. The number of aliphatic hydroxyl groups is 1. The van der Waals surface area contributed by atoms with Gasteiger partial charge in [0.1, 0.15) is 6.10 Å². The zero-order valence-corrected chi connectivity index (χ0v) is 10.7. The maximum absolute atomic E-state index is 11.4. The Hall–Kier alpha value is -1.10. The molecule has 2 heterocycles. The Labute approximate surface area is 107 Å². The molecule has 0 aliphatic carbocycles. The van der Waals surface area contributed by atoms with Crippen molar-refractivity contribution in [2.75, 3.05) is 6.61 Å². The summed E-state index contributed by atoms with van der Waals surface area (Å²) in [7, 11) is 0. The van der Waals surface area contributed by atoms with E-state index in [9.17, 15) is 4.79 Å². The zero-order valence-electron chi connectivity index (χ0n) is 10.7. The molecule has 0 bridgehead atoms. The molecular weight excluding hydrogens is 232 g/mol. The molecule has 3 N–H and O–H groups in total. The van der Waals surface area contributed by atoms with Crippen LogP contribution in [0.4, 0.5) is 0 Å². The van der Waals surface area contributed by atoms with Crippen molar-refractivity contribution in [3.8, 4) is 0 Å². The molecule has 0 amide bonds. The van der Waals surface area contributed by atoms with Gasteiger partial charge >= 0.3 is 5.97 Å². The van der Waals surface area contributed by atoms with E-state index in [1.807, 2.05) is 0 Å². The van der Waals surface area contributed by atoms with Gasteiger partial charge in [0.15, 0.2) is 0 Å². The Morgan fingerprint density at radius 1 is 1.44 bits per heavy atom. The molecule has 0 aromatic heterocycles. The summed E-state index contributed by atoms with van der Waals surface area (Å²) in [5, 5.41) is 20.1. The maximum Gasteiger partial charge on any atom is 0.306 e. The van der Waals surface area contributed by atoms with Crippen molar-refractivity contribution in [3.63, 3.8) is 0 Å². The Kier molecular flexibility index (Phi) is 4.58. The molecule has 18 heavy (non-hydrogen) atoms. The molecule has 0 aromatic carbocycles. The number of aliphatic hydroxyl groups excluding tert-OH is 1.